The molecule has 28 heavy (non-hydrogen) atoms. The zero-order valence-corrected chi connectivity index (χ0v) is 16.4. The van der Waals surface area contributed by atoms with Crippen LogP contribution >= 0.6 is 0 Å². The van der Waals surface area contributed by atoms with Gasteiger partial charge < -0.3 is 10.3 Å². The van der Waals surface area contributed by atoms with Crippen molar-refractivity contribution in [3.05, 3.63) is 53.9 Å². The predicted octanol–water partition coefficient (Wildman–Crippen LogP) is 5.82. The fourth-order valence-corrected chi connectivity index (χ4v) is 3.67. The van der Waals surface area contributed by atoms with Crippen LogP contribution in [0.25, 0.3) is 22.2 Å². The van der Waals surface area contributed by atoms with E-state index in [1.54, 1.807) is 30.6 Å². The number of hydrogen-bond acceptors (Lipinski definition) is 2. The normalized spacial score (nSPS) is 14.4. The van der Waals surface area contributed by atoms with E-state index in [0.29, 0.717) is 29.5 Å². The number of fused-ring (bicyclic) bond motifs is 1. The molecule has 0 amide bonds. The molecule has 0 fully saturated rings. The molecule has 150 valence electrons. The Morgan fingerprint density at radius 3 is 2.64 bits per heavy atom. The number of rotatable bonds is 7. The highest BCUT2D eigenvalue weighted by atomic mass is 19.4. The Bertz CT molecular complexity index is 930. The lowest BCUT2D eigenvalue weighted by molar-refractivity contribution is -0.138. The molecule has 2 aromatic heterocycles. The maximum atomic E-state index is 13.8. The minimum Gasteiger partial charge on any atom is -0.359 e. The lowest BCUT2D eigenvalue weighted by Crippen LogP contribution is -2.23. The number of hydrogen-bond donors (Lipinski definition) is 2. The molecule has 0 aliphatic rings. The number of H-pyrrole nitrogens is 1. The molecule has 0 radical (unpaired) electrons. The van der Waals surface area contributed by atoms with Gasteiger partial charge in [-0.1, -0.05) is 19.1 Å². The van der Waals surface area contributed by atoms with E-state index in [-0.39, 0.29) is 0 Å². The highest BCUT2D eigenvalue weighted by molar-refractivity contribution is 5.91. The molecule has 3 aromatic rings. The van der Waals surface area contributed by atoms with Gasteiger partial charge in [-0.15, -0.1) is 0 Å². The fraction of sp³-hybridized carbons (Fsp3) is 0.409. The van der Waals surface area contributed by atoms with E-state index in [2.05, 4.69) is 29.1 Å². The summed E-state index contributed by atoms with van der Waals surface area (Å²) in [7, 11) is 1.90. The molecule has 2 N–H and O–H groups in total. The van der Waals surface area contributed by atoms with Gasteiger partial charge in [0.1, 0.15) is 0 Å². The van der Waals surface area contributed by atoms with Crippen LogP contribution in [-0.4, -0.2) is 23.1 Å². The molecular formula is C22H26F3N3. The van der Waals surface area contributed by atoms with E-state index in [1.807, 2.05) is 13.1 Å². The van der Waals surface area contributed by atoms with E-state index < -0.39 is 11.7 Å². The molecule has 3 rings (SSSR count). The molecule has 0 aliphatic carbocycles. The first-order valence-electron chi connectivity index (χ1n) is 9.59. The highest BCUT2D eigenvalue weighted by Crippen LogP contribution is 2.37. The van der Waals surface area contributed by atoms with Gasteiger partial charge in [-0.05, 0) is 68.5 Å². The van der Waals surface area contributed by atoms with E-state index in [9.17, 15) is 13.2 Å². The summed E-state index contributed by atoms with van der Waals surface area (Å²) >= 11 is 0. The highest BCUT2D eigenvalue weighted by Gasteiger charge is 2.33. The number of aryl methyl sites for hydroxylation is 1. The number of alkyl halides is 3. The van der Waals surface area contributed by atoms with Gasteiger partial charge in [0.15, 0.2) is 0 Å². The van der Waals surface area contributed by atoms with Gasteiger partial charge in [0.05, 0.1) is 16.6 Å². The Balaban J connectivity index is 1.90. The van der Waals surface area contributed by atoms with E-state index in [0.717, 1.165) is 29.4 Å². The lowest BCUT2D eigenvalue weighted by atomic mass is 9.91. The van der Waals surface area contributed by atoms with Gasteiger partial charge in [0.2, 0.25) is 0 Å². The molecule has 1 aromatic carbocycles. The number of pyridine rings is 1. The van der Waals surface area contributed by atoms with E-state index in [4.69, 9.17) is 0 Å². The largest absolute Gasteiger partial charge is 0.416 e. The van der Waals surface area contributed by atoms with Crippen molar-refractivity contribution in [2.24, 2.45) is 5.92 Å². The number of aromatic amines is 1. The van der Waals surface area contributed by atoms with Gasteiger partial charge >= 0.3 is 6.18 Å². The summed E-state index contributed by atoms with van der Waals surface area (Å²) in [5, 5.41) is 3.18. The molecule has 2 unspecified atom stereocenters. The average Bonchev–Trinajstić information content (AvgIpc) is 3.14. The molecule has 6 heteroatoms. The van der Waals surface area contributed by atoms with Crippen molar-refractivity contribution in [1.82, 2.24) is 15.3 Å². The third-order valence-electron chi connectivity index (χ3n) is 5.33. The van der Waals surface area contributed by atoms with E-state index >= 15 is 0 Å². The zero-order valence-electron chi connectivity index (χ0n) is 16.4. The molecule has 3 nitrogen and oxygen atoms in total. The van der Waals surface area contributed by atoms with Crippen molar-refractivity contribution >= 4 is 11.0 Å². The Labute approximate surface area is 163 Å². The summed E-state index contributed by atoms with van der Waals surface area (Å²) in [6.45, 7) is 4.18. The van der Waals surface area contributed by atoms with Gasteiger partial charge in [-0.3, -0.25) is 4.98 Å². The van der Waals surface area contributed by atoms with Gasteiger partial charge in [-0.25, -0.2) is 0 Å². The molecular weight excluding hydrogens is 363 g/mol. The topological polar surface area (TPSA) is 40.7 Å². The first-order valence-corrected chi connectivity index (χ1v) is 9.59. The second kappa shape index (κ2) is 8.35. The number of benzene rings is 1. The Hall–Kier alpha value is -2.34. The Morgan fingerprint density at radius 1 is 1.14 bits per heavy atom. The van der Waals surface area contributed by atoms with E-state index in [1.165, 1.54) is 6.07 Å². The fourth-order valence-electron chi connectivity index (χ4n) is 3.67. The van der Waals surface area contributed by atoms with Crippen LogP contribution in [0.15, 0.2) is 42.7 Å². The maximum absolute atomic E-state index is 13.8. The maximum Gasteiger partial charge on any atom is 0.416 e. The summed E-state index contributed by atoms with van der Waals surface area (Å²) in [5.41, 5.74) is 2.57. The third-order valence-corrected chi connectivity index (χ3v) is 5.33. The second-order valence-electron chi connectivity index (χ2n) is 7.54. The van der Waals surface area contributed by atoms with Crippen molar-refractivity contribution in [2.45, 2.75) is 45.3 Å². The monoisotopic (exact) mass is 389 g/mol. The van der Waals surface area contributed by atoms with Gasteiger partial charge in [0.25, 0.3) is 0 Å². The molecule has 0 saturated heterocycles. The van der Waals surface area contributed by atoms with Crippen LogP contribution in [0.2, 0.25) is 0 Å². The summed E-state index contributed by atoms with van der Waals surface area (Å²) < 4.78 is 41.3. The van der Waals surface area contributed by atoms with Crippen LogP contribution in [0.3, 0.4) is 0 Å². The molecule has 0 spiro atoms. The van der Waals surface area contributed by atoms with Crippen LogP contribution in [-0.2, 0) is 12.6 Å². The quantitative estimate of drug-likeness (QED) is 0.535. The van der Waals surface area contributed by atoms with Crippen LogP contribution in [0, 0.1) is 5.92 Å². The van der Waals surface area contributed by atoms with Crippen molar-refractivity contribution in [3.8, 4) is 11.1 Å². The molecule has 2 heterocycles. The number of nitrogens with one attached hydrogen (secondary N) is 2. The standard InChI is InChI=1S/C22H26F3N3/c1-14(12-15(2)26-3)4-5-16-6-7-17(13-19(16)22(23,24)25)18-8-10-27-20-9-11-28-21(18)20/h6-11,13-15,26,28H,4-5,12H2,1-3H3. The van der Waals surface area contributed by atoms with Crippen molar-refractivity contribution in [1.29, 1.82) is 0 Å². The first kappa shape index (κ1) is 20.4. The summed E-state index contributed by atoms with van der Waals surface area (Å²) in [6.07, 6.45) is 1.07. The Morgan fingerprint density at radius 2 is 1.93 bits per heavy atom. The Kier molecular flexibility index (Phi) is 6.08. The van der Waals surface area contributed by atoms with Gasteiger partial charge in [-0.2, -0.15) is 13.2 Å². The summed E-state index contributed by atoms with van der Waals surface area (Å²) in [6, 6.07) is 8.59. The first-order chi connectivity index (χ1) is 13.3. The number of aromatic nitrogens is 2. The lowest BCUT2D eigenvalue weighted by Gasteiger charge is -2.19. The smallest absolute Gasteiger partial charge is 0.359 e. The number of nitrogens with zero attached hydrogens (tertiary/aromatic N) is 1. The summed E-state index contributed by atoms with van der Waals surface area (Å²) in [5.74, 6) is 0.349. The zero-order chi connectivity index (χ0) is 20.3. The molecule has 0 bridgehead atoms. The SMILES string of the molecule is CNC(C)CC(C)CCc1ccc(-c2ccnc3cc[nH]c23)cc1C(F)(F)F. The van der Waals surface area contributed by atoms with Crippen LogP contribution in [0.5, 0.6) is 0 Å². The van der Waals surface area contributed by atoms with Crippen molar-refractivity contribution in [2.75, 3.05) is 7.05 Å². The van der Waals surface area contributed by atoms with Gasteiger partial charge in [0, 0.05) is 24.0 Å². The van der Waals surface area contributed by atoms with Crippen molar-refractivity contribution < 1.29 is 13.2 Å². The summed E-state index contributed by atoms with van der Waals surface area (Å²) in [4.78, 5) is 7.31. The third kappa shape index (κ3) is 4.55. The second-order valence-corrected chi connectivity index (χ2v) is 7.54. The minimum atomic E-state index is -4.38. The van der Waals surface area contributed by atoms with Crippen LogP contribution in [0.1, 0.15) is 37.8 Å². The average molecular weight is 389 g/mol. The number of halogens is 3. The van der Waals surface area contributed by atoms with Crippen LogP contribution < -0.4 is 5.32 Å². The van der Waals surface area contributed by atoms with Crippen LogP contribution in [0.4, 0.5) is 13.2 Å². The molecule has 0 aliphatic heterocycles. The van der Waals surface area contributed by atoms with Crippen molar-refractivity contribution in [3.63, 3.8) is 0 Å². The molecule has 0 saturated carbocycles. The minimum absolute atomic E-state index is 0.349. The predicted molar refractivity (Wildman–Crippen MR) is 107 cm³/mol. The molecule has 2 atom stereocenters.